The summed E-state index contributed by atoms with van der Waals surface area (Å²) < 4.78 is 1.71. The molecule has 5 heteroatoms. The molecule has 0 radical (unpaired) electrons. The number of rotatable bonds is 2. The number of hydrogen-bond acceptors (Lipinski definition) is 2. The van der Waals surface area contributed by atoms with Crippen LogP contribution in [0.25, 0.3) is 0 Å². The number of nitrogens with zero attached hydrogens (tertiary/aromatic N) is 3. The second-order valence-electron chi connectivity index (χ2n) is 2.04. The Bertz CT molecular complexity index is 258. The predicted molar refractivity (Wildman–Crippen MR) is 43.4 cm³/mol. The Hall–Kier alpha value is -1.52. The highest BCUT2D eigenvalue weighted by Crippen LogP contribution is 2.08. The molecule has 0 aliphatic carbocycles. The summed E-state index contributed by atoms with van der Waals surface area (Å²) in [7, 11) is 0. The molecule has 0 aliphatic heterocycles. The third kappa shape index (κ3) is 1.70. The molecule has 5 nitrogen and oxygen atoms in total. The van der Waals surface area contributed by atoms with Gasteiger partial charge in [-0.15, -0.1) is 0 Å². The summed E-state index contributed by atoms with van der Waals surface area (Å²) in [6.45, 7) is 2.73. The van der Waals surface area contributed by atoms with E-state index < -0.39 is 0 Å². The molecule has 0 saturated carbocycles. The maximum atomic E-state index is 5.19. The van der Waals surface area contributed by atoms with Crippen LogP contribution in [0.4, 0.5) is 5.82 Å². The molecule has 0 spiro atoms. The number of aliphatic imine (C=N–C) groups is 1. The van der Waals surface area contributed by atoms with Crippen LogP contribution in [0.5, 0.6) is 0 Å². The molecule has 0 bridgehead atoms. The SMILES string of the molecule is CCn1nccc1N=C(N)N. The van der Waals surface area contributed by atoms with E-state index >= 15 is 0 Å². The van der Waals surface area contributed by atoms with Crippen LogP contribution >= 0.6 is 0 Å². The highest BCUT2D eigenvalue weighted by atomic mass is 15.3. The van der Waals surface area contributed by atoms with Crippen molar-refractivity contribution in [3.63, 3.8) is 0 Å². The molecule has 4 N–H and O–H groups in total. The van der Waals surface area contributed by atoms with Crippen LogP contribution in [0, 0.1) is 0 Å². The third-order valence-corrected chi connectivity index (χ3v) is 1.24. The molecule has 1 heterocycles. The second-order valence-corrected chi connectivity index (χ2v) is 2.04. The van der Waals surface area contributed by atoms with E-state index in [2.05, 4.69) is 10.1 Å². The lowest BCUT2D eigenvalue weighted by molar-refractivity contribution is 0.664. The minimum absolute atomic E-state index is 0.0557. The lowest BCUT2D eigenvalue weighted by Crippen LogP contribution is -2.22. The van der Waals surface area contributed by atoms with Gasteiger partial charge in [0, 0.05) is 12.6 Å². The molecular formula is C6H11N5. The highest BCUT2D eigenvalue weighted by molar-refractivity contribution is 5.78. The Kier molecular flexibility index (Phi) is 2.10. The van der Waals surface area contributed by atoms with Crippen molar-refractivity contribution in [1.82, 2.24) is 9.78 Å². The van der Waals surface area contributed by atoms with Gasteiger partial charge in [0.2, 0.25) is 0 Å². The Labute approximate surface area is 64.7 Å². The summed E-state index contributed by atoms with van der Waals surface area (Å²) >= 11 is 0. The average Bonchev–Trinajstić information content (AvgIpc) is 2.34. The molecule has 0 saturated heterocycles. The molecule has 1 aromatic heterocycles. The fraction of sp³-hybridized carbons (Fsp3) is 0.333. The van der Waals surface area contributed by atoms with Gasteiger partial charge in [0.25, 0.3) is 0 Å². The quantitative estimate of drug-likeness (QED) is 0.456. The van der Waals surface area contributed by atoms with Gasteiger partial charge in [-0.2, -0.15) is 10.1 Å². The van der Waals surface area contributed by atoms with Gasteiger partial charge in [-0.25, -0.2) is 4.68 Å². The van der Waals surface area contributed by atoms with Crippen molar-refractivity contribution < 1.29 is 0 Å². The zero-order valence-corrected chi connectivity index (χ0v) is 6.36. The van der Waals surface area contributed by atoms with Crippen molar-refractivity contribution in [3.05, 3.63) is 12.3 Å². The van der Waals surface area contributed by atoms with Gasteiger partial charge >= 0.3 is 0 Å². The number of nitrogens with two attached hydrogens (primary N) is 2. The number of guanidine groups is 1. The smallest absolute Gasteiger partial charge is 0.192 e. The normalized spacial score (nSPS) is 9.55. The van der Waals surface area contributed by atoms with Gasteiger partial charge in [-0.05, 0) is 6.92 Å². The molecule has 0 amide bonds. The highest BCUT2D eigenvalue weighted by Gasteiger charge is 1.96. The van der Waals surface area contributed by atoms with Gasteiger partial charge in [0.15, 0.2) is 11.8 Å². The molecule has 1 aromatic rings. The van der Waals surface area contributed by atoms with Crippen LogP contribution in [0.1, 0.15) is 6.92 Å². The Morgan fingerprint density at radius 2 is 2.45 bits per heavy atom. The summed E-state index contributed by atoms with van der Waals surface area (Å²) in [6, 6.07) is 1.75. The van der Waals surface area contributed by atoms with Gasteiger partial charge < -0.3 is 11.5 Å². The van der Waals surface area contributed by atoms with E-state index in [0.29, 0.717) is 5.82 Å². The lowest BCUT2D eigenvalue weighted by atomic mass is 10.6. The van der Waals surface area contributed by atoms with Crippen LogP contribution < -0.4 is 11.5 Å². The molecular weight excluding hydrogens is 142 g/mol. The molecule has 11 heavy (non-hydrogen) atoms. The van der Waals surface area contributed by atoms with Crippen molar-refractivity contribution in [2.75, 3.05) is 0 Å². The van der Waals surface area contributed by atoms with E-state index in [1.54, 1.807) is 16.9 Å². The number of aromatic nitrogens is 2. The molecule has 0 aromatic carbocycles. The van der Waals surface area contributed by atoms with Crippen LogP contribution in [-0.2, 0) is 6.54 Å². The fourth-order valence-electron chi connectivity index (χ4n) is 0.797. The van der Waals surface area contributed by atoms with Crippen LogP contribution in [0.15, 0.2) is 17.3 Å². The van der Waals surface area contributed by atoms with Crippen LogP contribution in [0.2, 0.25) is 0 Å². The van der Waals surface area contributed by atoms with Gasteiger partial charge in [0.1, 0.15) is 0 Å². The zero-order chi connectivity index (χ0) is 8.27. The van der Waals surface area contributed by atoms with Crippen LogP contribution in [-0.4, -0.2) is 15.7 Å². The van der Waals surface area contributed by atoms with E-state index in [1.165, 1.54) is 0 Å². The van der Waals surface area contributed by atoms with Crippen LogP contribution in [0.3, 0.4) is 0 Å². The molecule has 60 valence electrons. The average molecular weight is 153 g/mol. The molecule has 0 atom stereocenters. The summed E-state index contributed by atoms with van der Waals surface area (Å²) in [6.07, 6.45) is 1.66. The third-order valence-electron chi connectivity index (χ3n) is 1.24. The lowest BCUT2D eigenvalue weighted by Gasteiger charge is -1.97. The van der Waals surface area contributed by atoms with E-state index in [1.807, 2.05) is 6.92 Å². The standard InChI is InChI=1S/C6H11N5/c1-2-11-5(3-4-9-11)10-6(7)8/h3-4H,2H2,1H3,(H4,7,8,10). The topological polar surface area (TPSA) is 82.2 Å². The zero-order valence-electron chi connectivity index (χ0n) is 6.36. The van der Waals surface area contributed by atoms with Gasteiger partial charge in [-0.1, -0.05) is 0 Å². The molecule has 0 aliphatic rings. The minimum Gasteiger partial charge on any atom is -0.370 e. The first kappa shape index (κ1) is 7.59. The van der Waals surface area contributed by atoms with E-state index in [4.69, 9.17) is 11.5 Å². The summed E-state index contributed by atoms with van der Waals surface area (Å²) in [5.41, 5.74) is 10.4. The van der Waals surface area contributed by atoms with Crippen molar-refractivity contribution in [1.29, 1.82) is 0 Å². The number of hydrogen-bond donors (Lipinski definition) is 2. The Morgan fingerprint density at radius 1 is 1.73 bits per heavy atom. The van der Waals surface area contributed by atoms with Gasteiger partial charge in [-0.3, -0.25) is 0 Å². The van der Waals surface area contributed by atoms with E-state index in [0.717, 1.165) is 6.54 Å². The first-order valence-corrected chi connectivity index (χ1v) is 3.35. The Morgan fingerprint density at radius 3 is 3.00 bits per heavy atom. The number of aryl methyl sites for hydroxylation is 1. The van der Waals surface area contributed by atoms with Crippen molar-refractivity contribution in [3.8, 4) is 0 Å². The van der Waals surface area contributed by atoms with Crippen molar-refractivity contribution in [2.24, 2.45) is 16.5 Å². The van der Waals surface area contributed by atoms with E-state index in [9.17, 15) is 0 Å². The van der Waals surface area contributed by atoms with Crippen molar-refractivity contribution in [2.45, 2.75) is 13.5 Å². The maximum absolute atomic E-state index is 5.19. The summed E-state index contributed by atoms with van der Waals surface area (Å²) in [5, 5.41) is 3.99. The monoisotopic (exact) mass is 153 g/mol. The molecule has 1 rings (SSSR count). The second kappa shape index (κ2) is 3.05. The molecule has 0 fully saturated rings. The maximum Gasteiger partial charge on any atom is 0.192 e. The molecule has 0 unspecified atom stereocenters. The first-order chi connectivity index (χ1) is 5.24. The Balaban J connectivity index is 2.93. The first-order valence-electron chi connectivity index (χ1n) is 3.35. The minimum atomic E-state index is 0.0557. The van der Waals surface area contributed by atoms with E-state index in [-0.39, 0.29) is 5.96 Å². The largest absolute Gasteiger partial charge is 0.370 e. The fourth-order valence-corrected chi connectivity index (χ4v) is 0.797. The predicted octanol–water partition coefficient (Wildman–Crippen LogP) is -0.192. The summed E-state index contributed by atoms with van der Waals surface area (Å²) in [4.78, 5) is 3.86. The van der Waals surface area contributed by atoms with Gasteiger partial charge in [0.05, 0.1) is 6.20 Å². The van der Waals surface area contributed by atoms with Crippen molar-refractivity contribution >= 4 is 11.8 Å². The summed E-state index contributed by atoms with van der Waals surface area (Å²) in [5.74, 6) is 0.743.